The van der Waals surface area contributed by atoms with E-state index in [-0.39, 0.29) is 11.9 Å². The third-order valence-corrected chi connectivity index (χ3v) is 4.17. The Labute approximate surface area is 134 Å². The molecule has 1 aliphatic heterocycles. The van der Waals surface area contributed by atoms with Crippen LogP contribution in [0.1, 0.15) is 44.5 Å². The maximum absolute atomic E-state index is 12.1. The van der Waals surface area contributed by atoms with Gasteiger partial charge in [-0.2, -0.15) is 4.98 Å². The van der Waals surface area contributed by atoms with Gasteiger partial charge in [0, 0.05) is 23.6 Å². The lowest BCUT2D eigenvalue weighted by molar-refractivity contribution is -0.135. The number of likely N-dealkylation sites (tertiary alicyclic amines) is 1. The second-order valence-electron chi connectivity index (χ2n) is 5.42. The van der Waals surface area contributed by atoms with Crippen LogP contribution in [0.15, 0.2) is 28.8 Å². The van der Waals surface area contributed by atoms with E-state index >= 15 is 0 Å². The van der Waals surface area contributed by atoms with Crippen molar-refractivity contribution in [2.75, 3.05) is 6.54 Å². The van der Waals surface area contributed by atoms with Gasteiger partial charge in [0.25, 0.3) is 0 Å². The second-order valence-corrected chi connectivity index (χ2v) is 5.86. The summed E-state index contributed by atoms with van der Waals surface area (Å²) >= 11 is 5.99. The highest BCUT2D eigenvalue weighted by atomic mass is 35.5. The fraction of sp³-hybridized carbons (Fsp3) is 0.438. The van der Waals surface area contributed by atoms with E-state index in [1.807, 2.05) is 24.0 Å². The van der Waals surface area contributed by atoms with Crippen molar-refractivity contribution in [3.05, 3.63) is 35.2 Å². The molecule has 0 N–H and O–H groups in total. The Bertz CT molecular complexity index is 671. The van der Waals surface area contributed by atoms with Gasteiger partial charge >= 0.3 is 0 Å². The largest absolute Gasteiger partial charge is 0.337 e. The molecule has 1 fully saturated rings. The summed E-state index contributed by atoms with van der Waals surface area (Å²) in [5.74, 6) is 1.15. The van der Waals surface area contributed by atoms with Gasteiger partial charge in [0.2, 0.25) is 17.6 Å². The fourth-order valence-electron chi connectivity index (χ4n) is 2.81. The van der Waals surface area contributed by atoms with Crippen LogP contribution in [0, 0.1) is 0 Å². The molecule has 1 aliphatic rings. The molecule has 22 heavy (non-hydrogen) atoms. The lowest BCUT2D eigenvalue weighted by atomic mass is 10.0. The molecule has 3 rings (SSSR count). The number of halogens is 1. The Balaban J connectivity index is 1.87. The summed E-state index contributed by atoms with van der Waals surface area (Å²) in [5, 5.41) is 4.67. The molecule has 2 aromatic rings. The molecule has 1 atom stereocenters. The Morgan fingerprint density at radius 2 is 2.32 bits per heavy atom. The number of nitrogens with zero attached hydrogens (tertiary/aromatic N) is 3. The van der Waals surface area contributed by atoms with Gasteiger partial charge < -0.3 is 9.42 Å². The molecule has 1 unspecified atom stereocenters. The minimum Gasteiger partial charge on any atom is -0.337 e. The van der Waals surface area contributed by atoms with E-state index in [0.717, 1.165) is 31.4 Å². The zero-order chi connectivity index (χ0) is 15.5. The number of carbonyl (C=O) groups excluding carboxylic acids is 1. The first-order chi connectivity index (χ1) is 10.7. The number of carbonyl (C=O) groups is 1. The van der Waals surface area contributed by atoms with E-state index in [0.29, 0.717) is 23.2 Å². The van der Waals surface area contributed by atoms with Gasteiger partial charge in [-0.05, 0) is 31.4 Å². The zero-order valence-corrected chi connectivity index (χ0v) is 13.2. The first-order valence-electron chi connectivity index (χ1n) is 7.58. The standard InChI is InChI=1S/C16H18ClN3O2/c1-2-14(21)20-9-4-3-8-13(20)16-18-15(19-22-16)11-6-5-7-12(17)10-11/h5-7,10,13H,2-4,8-9H2,1H3. The highest BCUT2D eigenvalue weighted by molar-refractivity contribution is 6.30. The van der Waals surface area contributed by atoms with Crippen molar-refractivity contribution in [2.24, 2.45) is 0 Å². The van der Waals surface area contributed by atoms with E-state index in [2.05, 4.69) is 10.1 Å². The molecule has 0 radical (unpaired) electrons. The van der Waals surface area contributed by atoms with Crippen LogP contribution in [0.25, 0.3) is 11.4 Å². The third-order valence-electron chi connectivity index (χ3n) is 3.94. The summed E-state index contributed by atoms with van der Waals surface area (Å²) in [6.45, 7) is 2.63. The molecule has 0 saturated carbocycles. The number of benzene rings is 1. The lowest BCUT2D eigenvalue weighted by Crippen LogP contribution is -2.38. The molecule has 1 amide bonds. The predicted octanol–water partition coefficient (Wildman–Crippen LogP) is 3.85. The molecule has 0 spiro atoms. The number of hydrogen-bond donors (Lipinski definition) is 0. The van der Waals surface area contributed by atoms with E-state index in [1.54, 1.807) is 12.1 Å². The Morgan fingerprint density at radius 1 is 1.45 bits per heavy atom. The first kappa shape index (κ1) is 15.0. The zero-order valence-electron chi connectivity index (χ0n) is 12.5. The van der Waals surface area contributed by atoms with Crippen LogP contribution in [-0.4, -0.2) is 27.5 Å². The predicted molar refractivity (Wildman–Crippen MR) is 83.3 cm³/mol. The molecule has 0 bridgehead atoms. The number of rotatable bonds is 3. The highest BCUT2D eigenvalue weighted by Gasteiger charge is 2.31. The molecule has 0 aliphatic carbocycles. The molecule has 116 valence electrons. The first-order valence-corrected chi connectivity index (χ1v) is 7.96. The minimum absolute atomic E-state index is 0.110. The van der Waals surface area contributed by atoms with Crippen LogP contribution in [0.2, 0.25) is 5.02 Å². The lowest BCUT2D eigenvalue weighted by Gasteiger charge is -2.33. The van der Waals surface area contributed by atoms with Gasteiger partial charge in [0.15, 0.2) is 0 Å². The average Bonchev–Trinajstić information content (AvgIpc) is 3.04. The van der Waals surface area contributed by atoms with Crippen molar-refractivity contribution in [1.29, 1.82) is 0 Å². The van der Waals surface area contributed by atoms with Gasteiger partial charge in [-0.15, -0.1) is 0 Å². The monoisotopic (exact) mass is 319 g/mol. The van der Waals surface area contributed by atoms with Gasteiger partial charge in [0.05, 0.1) is 0 Å². The number of hydrogen-bond acceptors (Lipinski definition) is 4. The molecule has 1 aromatic carbocycles. The third kappa shape index (κ3) is 2.99. The van der Waals surface area contributed by atoms with Crippen LogP contribution in [0.3, 0.4) is 0 Å². The molecule has 5 nitrogen and oxygen atoms in total. The van der Waals surface area contributed by atoms with E-state index in [1.165, 1.54) is 0 Å². The number of amides is 1. The quantitative estimate of drug-likeness (QED) is 0.862. The van der Waals surface area contributed by atoms with Crippen molar-refractivity contribution >= 4 is 17.5 Å². The molecule has 6 heteroatoms. The molecule has 1 saturated heterocycles. The van der Waals surface area contributed by atoms with Gasteiger partial charge in [-0.25, -0.2) is 0 Å². The van der Waals surface area contributed by atoms with Crippen molar-refractivity contribution in [2.45, 2.75) is 38.6 Å². The van der Waals surface area contributed by atoms with Crippen molar-refractivity contribution in [3.8, 4) is 11.4 Å². The van der Waals surface area contributed by atoms with Crippen LogP contribution < -0.4 is 0 Å². The number of aromatic nitrogens is 2. The molecular weight excluding hydrogens is 302 g/mol. The van der Waals surface area contributed by atoms with Crippen molar-refractivity contribution in [3.63, 3.8) is 0 Å². The van der Waals surface area contributed by atoms with E-state index < -0.39 is 0 Å². The Hall–Kier alpha value is -1.88. The molecule has 2 heterocycles. The topological polar surface area (TPSA) is 59.2 Å². The van der Waals surface area contributed by atoms with Crippen LogP contribution in [-0.2, 0) is 4.79 Å². The summed E-state index contributed by atoms with van der Waals surface area (Å²) in [4.78, 5) is 18.4. The van der Waals surface area contributed by atoms with Crippen LogP contribution in [0.4, 0.5) is 0 Å². The maximum atomic E-state index is 12.1. The summed E-state index contributed by atoms with van der Waals surface area (Å²) in [5.41, 5.74) is 0.812. The van der Waals surface area contributed by atoms with Gasteiger partial charge in [0.1, 0.15) is 6.04 Å². The molecule has 1 aromatic heterocycles. The highest BCUT2D eigenvalue weighted by Crippen LogP contribution is 2.31. The summed E-state index contributed by atoms with van der Waals surface area (Å²) in [7, 11) is 0. The van der Waals surface area contributed by atoms with Crippen molar-refractivity contribution in [1.82, 2.24) is 15.0 Å². The molecular formula is C16H18ClN3O2. The second kappa shape index (κ2) is 6.48. The number of piperidine rings is 1. The Kier molecular flexibility index (Phi) is 4.43. The van der Waals surface area contributed by atoms with E-state index in [9.17, 15) is 4.79 Å². The summed E-state index contributed by atoms with van der Waals surface area (Å²) < 4.78 is 5.43. The van der Waals surface area contributed by atoms with E-state index in [4.69, 9.17) is 16.1 Å². The fourth-order valence-corrected chi connectivity index (χ4v) is 3.00. The van der Waals surface area contributed by atoms with Crippen molar-refractivity contribution < 1.29 is 9.32 Å². The normalized spacial score (nSPS) is 18.5. The Morgan fingerprint density at radius 3 is 3.09 bits per heavy atom. The van der Waals surface area contributed by atoms with Gasteiger partial charge in [-0.1, -0.05) is 35.8 Å². The van der Waals surface area contributed by atoms with Crippen LogP contribution >= 0.6 is 11.6 Å². The minimum atomic E-state index is -0.110. The smallest absolute Gasteiger partial charge is 0.249 e. The van der Waals surface area contributed by atoms with Gasteiger partial charge in [-0.3, -0.25) is 4.79 Å². The maximum Gasteiger partial charge on any atom is 0.249 e. The SMILES string of the molecule is CCC(=O)N1CCCCC1c1nc(-c2cccc(Cl)c2)no1. The average molecular weight is 320 g/mol. The van der Waals surface area contributed by atoms with Crippen LogP contribution in [0.5, 0.6) is 0 Å². The summed E-state index contributed by atoms with van der Waals surface area (Å²) in [6, 6.07) is 7.22. The summed E-state index contributed by atoms with van der Waals surface area (Å²) in [6.07, 6.45) is 3.44.